The Balaban J connectivity index is 1.27. The van der Waals surface area contributed by atoms with Crippen LogP contribution in [0.5, 0.6) is 0 Å². The summed E-state index contributed by atoms with van der Waals surface area (Å²) in [5.74, 6) is -1.09. The van der Waals surface area contributed by atoms with Crippen LogP contribution in [0.15, 0.2) is 18.2 Å². The van der Waals surface area contributed by atoms with Gasteiger partial charge in [0.1, 0.15) is 6.54 Å². The maximum atomic E-state index is 12.4. The van der Waals surface area contributed by atoms with Crippen molar-refractivity contribution in [3.63, 3.8) is 0 Å². The smallest absolute Gasteiger partial charge is 0.374 e. The number of nitrogen functional groups attached to an aromatic ring is 1. The van der Waals surface area contributed by atoms with Gasteiger partial charge in [-0.2, -0.15) is 0 Å². The van der Waals surface area contributed by atoms with Crippen LogP contribution in [-0.2, 0) is 14.3 Å². The van der Waals surface area contributed by atoms with Crippen LogP contribution in [0.1, 0.15) is 33.6 Å². The number of imide groups is 1. The number of fused-ring (bicyclic) bond motifs is 1. The lowest BCUT2D eigenvalue weighted by Crippen LogP contribution is -2.72. The zero-order chi connectivity index (χ0) is 18.2. The van der Waals surface area contributed by atoms with Gasteiger partial charge in [-0.15, -0.1) is 0 Å². The first-order chi connectivity index (χ1) is 12.3. The van der Waals surface area contributed by atoms with E-state index < -0.39 is 30.4 Å². The first-order valence-electron chi connectivity index (χ1n) is 8.49. The summed E-state index contributed by atoms with van der Waals surface area (Å²) in [5, 5.41) is 12.6. The summed E-state index contributed by atoms with van der Waals surface area (Å²) in [5.41, 5.74) is 6.35. The molecule has 4 aliphatic rings. The molecule has 0 radical (unpaired) electrons. The molecule has 2 aliphatic carbocycles. The van der Waals surface area contributed by atoms with Crippen molar-refractivity contribution < 1.29 is 29.0 Å². The van der Waals surface area contributed by atoms with Crippen molar-refractivity contribution >= 4 is 23.4 Å². The predicted molar refractivity (Wildman–Crippen MR) is 85.3 cm³/mol. The quantitative estimate of drug-likeness (QED) is 0.373. The molecule has 0 spiro atoms. The summed E-state index contributed by atoms with van der Waals surface area (Å²) >= 11 is 0. The molecule has 9 heteroatoms. The van der Waals surface area contributed by atoms with Gasteiger partial charge in [0, 0.05) is 11.6 Å². The highest BCUT2D eigenvalue weighted by molar-refractivity contribution is 6.22. The number of benzene rings is 1. The number of carbonyl (C=O) groups is 3. The second-order valence-corrected chi connectivity index (χ2v) is 7.25. The van der Waals surface area contributed by atoms with E-state index in [1.165, 1.54) is 18.2 Å². The summed E-state index contributed by atoms with van der Waals surface area (Å²) < 4.78 is 10.9. The molecule has 2 saturated carbocycles. The molecule has 3 amide bonds. The fourth-order valence-corrected chi connectivity index (χ4v) is 4.34. The largest absolute Gasteiger partial charge is 0.399 e. The third kappa shape index (κ3) is 2.11. The van der Waals surface area contributed by atoms with Gasteiger partial charge in [0.25, 0.3) is 11.8 Å². The number of rotatable bonds is 3. The Morgan fingerprint density at radius 1 is 1.23 bits per heavy atom. The molecule has 1 aromatic carbocycles. The molecule has 5 rings (SSSR count). The number of nitrogens with zero attached hydrogens (tertiary/aromatic N) is 1. The molecule has 2 atom stereocenters. The van der Waals surface area contributed by atoms with Gasteiger partial charge in [0.2, 0.25) is 5.91 Å². The van der Waals surface area contributed by atoms with E-state index in [-0.39, 0.29) is 29.3 Å². The lowest BCUT2D eigenvalue weighted by Gasteiger charge is -2.62. The minimum absolute atomic E-state index is 0.139. The minimum Gasteiger partial charge on any atom is -0.399 e. The van der Waals surface area contributed by atoms with Crippen molar-refractivity contribution in [3.05, 3.63) is 29.3 Å². The lowest BCUT2D eigenvalue weighted by atomic mass is 9.55. The Labute approximate surface area is 148 Å². The van der Waals surface area contributed by atoms with E-state index >= 15 is 0 Å². The van der Waals surface area contributed by atoms with E-state index in [1.54, 1.807) is 0 Å². The number of carbonyl (C=O) groups excluding carboxylic acids is 3. The molecule has 26 heavy (non-hydrogen) atoms. The second kappa shape index (κ2) is 5.03. The van der Waals surface area contributed by atoms with E-state index in [4.69, 9.17) is 15.2 Å². The highest BCUT2D eigenvalue weighted by Crippen LogP contribution is 2.57. The number of hydrogen-bond donors (Lipinski definition) is 3. The van der Waals surface area contributed by atoms with Crippen LogP contribution in [0.4, 0.5) is 5.69 Å². The molecule has 3 fully saturated rings. The van der Waals surface area contributed by atoms with Gasteiger partial charge in [-0.25, -0.2) is 0 Å². The predicted octanol–water partition coefficient (Wildman–Crippen LogP) is -0.592. The normalized spacial score (nSPS) is 36.7. The first-order valence-corrected chi connectivity index (χ1v) is 8.49. The molecule has 0 aromatic heterocycles. The number of anilines is 1. The number of hydrogen-bond acceptors (Lipinski definition) is 7. The average Bonchev–Trinajstić information content (AvgIpc) is 2.75. The monoisotopic (exact) mass is 359 g/mol. The third-order valence-corrected chi connectivity index (χ3v) is 5.69. The zero-order valence-corrected chi connectivity index (χ0v) is 13.7. The Bertz CT molecular complexity index is 839. The van der Waals surface area contributed by atoms with Crippen LogP contribution in [0.2, 0.25) is 0 Å². The summed E-state index contributed by atoms with van der Waals surface area (Å²) in [4.78, 5) is 37.8. The molecular formula is C17H17N3O6. The van der Waals surface area contributed by atoms with Gasteiger partial charge in [0.15, 0.2) is 0 Å². The maximum absolute atomic E-state index is 12.4. The summed E-state index contributed by atoms with van der Waals surface area (Å²) in [7, 11) is 0. The molecule has 136 valence electrons. The highest BCUT2D eigenvalue weighted by Gasteiger charge is 2.63. The lowest BCUT2D eigenvalue weighted by molar-refractivity contribution is -0.481. The van der Waals surface area contributed by atoms with Gasteiger partial charge in [-0.05, 0) is 37.0 Å². The maximum Gasteiger partial charge on any atom is 0.374 e. The van der Waals surface area contributed by atoms with Crippen LogP contribution >= 0.6 is 0 Å². The summed E-state index contributed by atoms with van der Waals surface area (Å²) in [6.45, 7) is -0.553. The van der Waals surface area contributed by atoms with Gasteiger partial charge >= 0.3 is 6.10 Å². The third-order valence-electron chi connectivity index (χ3n) is 5.69. The highest BCUT2D eigenvalue weighted by atomic mass is 16.9. The Hall–Kier alpha value is -2.49. The zero-order valence-electron chi connectivity index (χ0n) is 13.7. The molecule has 9 nitrogen and oxygen atoms in total. The molecule has 1 saturated heterocycles. The van der Waals surface area contributed by atoms with Crippen molar-refractivity contribution in [3.8, 4) is 0 Å². The first kappa shape index (κ1) is 15.7. The SMILES string of the molecule is Nc1ccc2c(c1)C(=O)N(CC(=O)NC1(O)OC3CC4CC(O1)C43)C2=O. The van der Waals surface area contributed by atoms with Crippen LogP contribution in [-0.4, -0.2) is 52.6 Å². The molecule has 2 heterocycles. The molecular weight excluding hydrogens is 342 g/mol. The molecule has 2 unspecified atom stereocenters. The number of aliphatic hydroxyl groups is 1. The van der Waals surface area contributed by atoms with Crippen molar-refractivity contribution in [2.24, 2.45) is 11.8 Å². The van der Waals surface area contributed by atoms with E-state index in [1.807, 2.05) is 0 Å². The van der Waals surface area contributed by atoms with Crippen molar-refractivity contribution in [1.29, 1.82) is 0 Å². The number of nitrogens with one attached hydrogen (secondary N) is 1. The van der Waals surface area contributed by atoms with Gasteiger partial charge in [-0.3, -0.25) is 24.6 Å². The number of nitrogens with two attached hydrogens (primary N) is 1. The summed E-state index contributed by atoms with van der Waals surface area (Å²) in [6, 6.07) is 4.37. The molecule has 4 N–H and O–H groups in total. The van der Waals surface area contributed by atoms with E-state index in [2.05, 4.69) is 5.32 Å². The Morgan fingerprint density at radius 3 is 2.54 bits per heavy atom. The topological polar surface area (TPSA) is 131 Å². The fourth-order valence-electron chi connectivity index (χ4n) is 4.34. The Morgan fingerprint density at radius 2 is 1.88 bits per heavy atom. The minimum atomic E-state index is -2.22. The van der Waals surface area contributed by atoms with Crippen LogP contribution < -0.4 is 11.1 Å². The fraction of sp³-hybridized carbons (Fsp3) is 0.471. The van der Waals surface area contributed by atoms with Crippen molar-refractivity contribution in [2.75, 3.05) is 12.3 Å². The van der Waals surface area contributed by atoms with Crippen LogP contribution in [0, 0.1) is 11.8 Å². The second-order valence-electron chi connectivity index (χ2n) is 7.25. The standard InChI is InChI=1S/C17H17N3O6/c18-8-1-2-9-10(5-8)16(23)20(15(9)22)6-13(21)19-17(24)25-11-3-7-4-12(26-17)14(7)11/h1-2,5,7,11-12,14,24H,3-4,6,18H2,(H,19,21). The van der Waals surface area contributed by atoms with E-state index in [0.29, 0.717) is 11.6 Å². The van der Waals surface area contributed by atoms with Crippen molar-refractivity contribution in [1.82, 2.24) is 10.2 Å². The average molecular weight is 359 g/mol. The number of ether oxygens (including phenoxy) is 2. The van der Waals surface area contributed by atoms with E-state index in [9.17, 15) is 19.5 Å². The van der Waals surface area contributed by atoms with Gasteiger partial charge in [0.05, 0.1) is 23.3 Å². The van der Waals surface area contributed by atoms with Gasteiger partial charge in [-0.1, -0.05) is 0 Å². The van der Waals surface area contributed by atoms with Crippen molar-refractivity contribution in [2.45, 2.75) is 31.1 Å². The number of amides is 3. The van der Waals surface area contributed by atoms with Gasteiger partial charge < -0.3 is 20.3 Å². The molecule has 0 bridgehead atoms. The molecule has 2 aliphatic heterocycles. The Kier molecular flexibility index (Phi) is 3.04. The van der Waals surface area contributed by atoms with Crippen LogP contribution in [0.3, 0.4) is 0 Å². The summed E-state index contributed by atoms with van der Waals surface area (Å²) in [6.07, 6.45) is -0.831. The van der Waals surface area contributed by atoms with E-state index in [0.717, 1.165) is 17.7 Å². The molecule has 1 aromatic rings. The van der Waals surface area contributed by atoms with Crippen LogP contribution in [0.25, 0.3) is 0 Å².